The predicted octanol–water partition coefficient (Wildman–Crippen LogP) is 3.88. The highest BCUT2D eigenvalue weighted by Gasteiger charge is 2.53. The van der Waals surface area contributed by atoms with E-state index < -0.39 is 0 Å². The Balaban J connectivity index is 1.34. The molecule has 1 aliphatic heterocycles. The number of aliphatic imine (C=N–C) groups is 1. The number of rotatable bonds is 1. The van der Waals surface area contributed by atoms with E-state index in [1.54, 1.807) is 11.8 Å². The van der Waals surface area contributed by atoms with Crippen molar-refractivity contribution in [2.24, 2.45) is 22.7 Å². The molecule has 0 saturated heterocycles. The number of nitrogens with one attached hydrogen (secondary N) is 1. The second-order valence-electron chi connectivity index (χ2n) is 8.70. The molecule has 120 valence electrons. The summed E-state index contributed by atoms with van der Waals surface area (Å²) in [5.74, 6) is 2.96. The zero-order chi connectivity index (χ0) is 14.8. The number of carbonyl (C=O) groups excluding carboxylic acids is 1. The number of hydrogen-bond acceptors (Lipinski definition) is 3. The Morgan fingerprint density at radius 3 is 2.14 bits per heavy atom. The molecule has 5 fully saturated rings. The second kappa shape index (κ2) is 4.75. The Bertz CT molecular complexity index is 500. The van der Waals surface area contributed by atoms with Gasteiger partial charge in [0.2, 0.25) is 0 Å². The molecule has 1 spiro atoms. The Morgan fingerprint density at radius 1 is 0.955 bits per heavy atom. The molecule has 3 nitrogen and oxygen atoms in total. The lowest BCUT2D eigenvalue weighted by atomic mass is 9.53. The smallest absolute Gasteiger partial charge is 0.264 e. The lowest BCUT2D eigenvalue weighted by Gasteiger charge is -2.57. The maximum Gasteiger partial charge on any atom is 0.264 e. The van der Waals surface area contributed by atoms with Gasteiger partial charge in [0.15, 0.2) is 5.17 Å². The number of nitrogens with zero attached hydrogens (tertiary/aromatic N) is 1. The lowest BCUT2D eigenvalue weighted by molar-refractivity contribution is -0.120. The van der Waals surface area contributed by atoms with E-state index in [2.05, 4.69) is 10.3 Å². The molecule has 5 aliphatic carbocycles. The van der Waals surface area contributed by atoms with Crippen molar-refractivity contribution < 1.29 is 4.79 Å². The van der Waals surface area contributed by atoms with Crippen molar-refractivity contribution in [2.75, 3.05) is 0 Å². The van der Waals surface area contributed by atoms with Crippen LogP contribution in [0.5, 0.6) is 0 Å². The summed E-state index contributed by atoms with van der Waals surface area (Å²) in [7, 11) is 0. The topological polar surface area (TPSA) is 41.5 Å². The van der Waals surface area contributed by atoms with Crippen LogP contribution in [0.3, 0.4) is 0 Å². The molecule has 1 heterocycles. The largest absolute Gasteiger partial charge is 0.359 e. The van der Waals surface area contributed by atoms with E-state index in [1.807, 2.05) is 0 Å². The van der Waals surface area contributed by atoms with Crippen LogP contribution in [0.4, 0.5) is 0 Å². The number of hydrogen-bond donors (Lipinski definition) is 1. The van der Waals surface area contributed by atoms with Gasteiger partial charge in [0, 0.05) is 5.54 Å². The SMILES string of the molecule is O=C1N=C(NC23CC4CC(CC(C4)C2)C3)SC12CCCCC2. The molecule has 22 heavy (non-hydrogen) atoms. The van der Waals surface area contributed by atoms with Crippen LogP contribution < -0.4 is 5.32 Å². The molecule has 5 saturated carbocycles. The molecule has 0 aromatic carbocycles. The van der Waals surface area contributed by atoms with Gasteiger partial charge in [-0.05, 0) is 69.1 Å². The first-order valence-corrected chi connectivity index (χ1v) is 10.1. The van der Waals surface area contributed by atoms with Gasteiger partial charge in [-0.15, -0.1) is 0 Å². The van der Waals surface area contributed by atoms with E-state index in [9.17, 15) is 4.79 Å². The molecular formula is C18H26N2OS. The van der Waals surface area contributed by atoms with E-state index in [-0.39, 0.29) is 16.2 Å². The third-order valence-corrected chi connectivity index (χ3v) is 8.32. The summed E-state index contributed by atoms with van der Waals surface area (Å²) in [5.41, 5.74) is 0.279. The average molecular weight is 318 g/mol. The zero-order valence-electron chi connectivity index (χ0n) is 13.3. The first kappa shape index (κ1) is 13.9. The highest BCUT2D eigenvalue weighted by Crippen LogP contribution is 2.56. The standard InChI is InChI=1S/C18H26N2OS/c21-15-18(4-2-1-3-5-18)22-16(19-15)20-17-9-12-6-13(10-17)8-14(7-12)11-17/h12-14H,1-11H2,(H,19,20,21). The minimum absolute atomic E-state index is 0.157. The highest BCUT2D eigenvalue weighted by atomic mass is 32.2. The molecule has 4 heteroatoms. The van der Waals surface area contributed by atoms with Gasteiger partial charge in [-0.3, -0.25) is 4.79 Å². The van der Waals surface area contributed by atoms with Crippen molar-refractivity contribution in [1.29, 1.82) is 0 Å². The zero-order valence-corrected chi connectivity index (χ0v) is 14.1. The van der Waals surface area contributed by atoms with Crippen molar-refractivity contribution in [3.05, 3.63) is 0 Å². The summed E-state index contributed by atoms with van der Waals surface area (Å²) >= 11 is 1.78. The third kappa shape index (κ3) is 2.09. The third-order valence-electron chi connectivity index (χ3n) is 6.96. The maximum atomic E-state index is 12.5. The van der Waals surface area contributed by atoms with Gasteiger partial charge >= 0.3 is 0 Å². The lowest BCUT2D eigenvalue weighted by Crippen LogP contribution is -2.59. The molecule has 6 aliphatic rings. The Kier molecular flexibility index (Phi) is 3.00. The number of amides is 1. The molecule has 0 atom stereocenters. The maximum absolute atomic E-state index is 12.5. The van der Waals surface area contributed by atoms with E-state index in [0.29, 0.717) is 0 Å². The summed E-state index contributed by atoms with van der Waals surface area (Å²) in [6.45, 7) is 0. The van der Waals surface area contributed by atoms with Crippen LogP contribution in [0.2, 0.25) is 0 Å². The summed E-state index contributed by atoms with van der Waals surface area (Å²) in [6, 6.07) is 0. The first-order chi connectivity index (χ1) is 10.6. The average Bonchev–Trinajstić information content (AvgIpc) is 2.73. The van der Waals surface area contributed by atoms with Crippen LogP contribution in [0.25, 0.3) is 0 Å². The van der Waals surface area contributed by atoms with Crippen molar-refractivity contribution in [3.63, 3.8) is 0 Å². The quantitative estimate of drug-likeness (QED) is 0.798. The predicted molar refractivity (Wildman–Crippen MR) is 89.9 cm³/mol. The molecule has 0 unspecified atom stereocenters. The van der Waals surface area contributed by atoms with Gasteiger partial charge in [-0.25, -0.2) is 0 Å². The molecule has 6 rings (SSSR count). The van der Waals surface area contributed by atoms with Crippen molar-refractivity contribution in [2.45, 2.75) is 80.9 Å². The van der Waals surface area contributed by atoms with Gasteiger partial charge in [-0.2, -0.15) is 4.99 Å². The monoisotopic (exact) mass is 318 g/mol. The van der Waals surface area contributed by atoms with Crippen LogP contribution in [0.15, 0.2) is 4.99 Å². The van der Waals surface area contributed by atoms with Gasteiger partial charge in [-0.1, -0.05) is 31.0 Å². The van der Waals surface area contributed by atoms with Crippen molar-refractivity contribution in [1.82, 2.24) is 5.32 Å². The van der Waals surface area contributed by atoms with E-state index in [4.69, 9.17) is 0 Å². The molecule has 1 N–H and O–H groups in total. The van der Waals surface area contributed by atoms with Gasteiger partial charge < -0.3 is 5.32 Å². The molecule has 0 radical (unpaired) electrons. The molecular weight excluding hydrogens is 292 g/mol. The molecule has 4 bridgehead atoms. The number of carbonyl (C=O) groups is 1. The second-order valence-corrected chi connectivity index (χ2v) is 10.1. The van der Waals surface area contributed by atoms with Gasteiger partial charge in [0.1, 0.15) is 4.75 Å². The Morgan fingerprint density at radius 2 is 1.55 bits per heavy atom. The molecule has 1 amide bonds. The number of thioether (sulfide) groups is 1. The minimum Gasteiger partial charge on any atom is -0.359 e. The molecule has 0 aromatic rings. The fourth-order valence-electron chi connectivity index (χ4n) is 6.43. The normalized spacial score (nSPS) is 45.4. The molecule has 0 aromatic heterocycles. The van der Waals surface area contributed by atoms with Crippen LogP contribution >= 0.6 is 11.8 Å². The van der Waals surface area contributed by atoms with Crippen LogP contribution in [-0.4, -0.2) is 21.4 Å². The van der Waals surface area contributed by atoms with Crippen LogP contribution in [-0.2, 0) is 4.79 Å². The van der Waals surface area contributed by atoms with Gasteiger partial charge in [0.05, 0.1) is 0 Å². The fourth-order valence-corrected chi connectivity index (χ4v) is 7.82. The Labute approximate surface area is 137 Å². The number of amidine groups is 1. The van der Waals surface area contributed by atoms with Crippen LogP contribution in [0, 0.1) is 17.8 Å². The van der Waals surface area contributed by atoms with Gasteiger partial charge in [0.25, 0.3) is 5.91 Å². The minimum atomic E-state index is -0.192. The van der Waals surface area contributed by atoms with E-state index in [1.165, 1.54) is 57.8 Å². The summed E-state index contributed by atoms with van der Waals surface area (Å²) in [4.78, 5) is 17.0. The Hall–Kier alpha value is -0.510. The summed E-state index contributed by atoms with van der Waals surface area (Å²) in [6.07, 6.45) is 14.1. The highest BCUT2D eigenvalue weighted by molar-refractivity contribution is 8.16. The van der Waals surface area contributed by atoms with Crippen molar-refractivity contribution >= 4 is 22.8 Å². The van der Waals surface area contributed by atoms with Crippen LogP contribution in [0.1, 0.15) is 70.6 Å². The van der Waals surface area contributed by atoms with E-state index >= 15 is 0 Å². The summed E-state index contributed by atoms with van der Waals surface area (Å²) in [5, 5.41) is 4.78. The first-order valence-electron chi connectivity index (χ1n) is 9.25. The summed E-state index contributed by atoms with van der Waals surface area (Å²) < 4.78 is -0.192. The van der Waals surface area contributed by atoms with E-state index in [0.717, 1.165) is 35.8 Å². The van der Waals surface area contributed by atoms with Crippen molar-refractivity contribution in [3.8, 4) is 0 Å². The fraction of sp³-hybridized carbons (Fsp3) is 0.889.